The molecule has 0 spiro atoms. The van der Waals surface area contributed by atoms with Gasteiger partial charge < -0.3 is 5.32 Å². The number of nitrogens with one attached hydrogen (secondary N) is 1. The van der Waals surface area contributed by atoms with E-state index in [1.807, 2.05) is 6.07 Å². The third-order valence-corrected chi connectivity index (χ3v) is 2.92. The second-order valence-electron chi connectivity index (χ2n) is 3.20. The molecule has 0 aromatic carbocycles. The molecule has 0 radical (unpaired) electrons. The average molecular weight is 198 g/mol. The quantitative estimate of drug-likeness (QED) is 0.693. The first-order valence-corrected chi connectivity index (χ1v) is 5.72. The lowest BCUT2D eigenvalue weighted by atomic mass is 10.2. The number of carbonyl (C=O) groups is 1. The van der Waals surface area contributed by atoms with Crippen LogP contribution in [0.15, 0.2) is 0 Å². The van der Waals surface area contributed by atoms with Crippen molar-refractivity contribution in [2.75, 3.05) is 11.5 Å². The molecule has 0 atom stereocenters. The number of hydrogen-bond donors (Lipinski definition) is 1. The number of nitriles is 1. The molecular formula is C9H14N2OS. The highest BCUT2D eigenvalue weighted by atomic mass is 32.2. The van der Waals surface area contributed by atoms with Gasteiger partial charge in [-0.05, 0) is 12.8 Å². The topological polar surface area (TPSA) is 52.9 Å². The summed E-state index contributed by atoms with van der Waals surface area (Å²) in [5, 5.41) is 11.2. The third kappa shape index (κ3) is 4.18. The summed E-state index contributed by atoms with van der Waals surface area (Å²) < 4.78 is 0. The molecule has 1 saturated carbocycles. The molecule has 72 valence electrons. The molecule has 0 aliphatic heterocycles. The second kappa shape index (κ2) is 5.87. The zero-order valence-electron chi connectivity index (χ0n) is 7.58. The van der Waals surface area contributed by atoms with E-state index < -0.39 is 0 Å². The Hall–Kier alpha value is -0.690. The van der Waals surface area contributed by atoms with Crippen LogP contribution in [0.25, 0.3) is 0 Å². The number of hydrogen-bond acceptors (Lipinski definition) is 3. The zero-order chi connectivity index (χ0) is 9.52. The van der Waals surface area contributed by atoms with Gasteiger partial charge in [-0.25, -0.2) is 0 Å². The summed E-state index contributed by atoms with van der Waals surface area (Å²) in [5.41, 5.74) is 0. The normalized spacial score (nSPS) is 16.8. The van der Waals surface area contributed by atoms with Crippen molar-refractivity contribution in [3.63, 3.8) is 0 Å². The highest BCUT2D eigenvalue weighted by molar-refractivity contribution is 8.00. The number of nitrogens with zero attached hydrogens (tertiary/aromatic N) is 1. The van der Waals surface area contributed by atoms with E-state index in [1.54, 1.807) is 0 Å². The van der Waals surface area contributed by atoms with E-state index in [0.29, 0.717) is 17.5 Å². The van der Waals surface area contributed by atoms with Crippen molar-refractivity contribution in [2.24, 2.45) is 0 Å². The van der Waals surface area contributed by atoms with Crippen LogP contribution in [0.3, 0.4) is 0 Å². The highest BCUT2D eigenvalue weighted by Crippen LogP contribution is 2.17. The number of carbonyl (C=O) groups excluding carboxylic acids is 1. The molecule has 0 unspecified atom stereocenters. The largest absolute Gasteiger partial charge is 0.353 e. The molecule has 1 N–H and O–H groups in total. The fourth-order valence-electron chi connectivity index (χ4n) is 1.53. The molecule has 0 aromatic heterocycles. The van der Waals surface area contributed by atoms with E-state index in [4.69, 9.17) is 5.26 Å². The Kier molecular flexibility index (Phi) is 4.69. The van der Waals surface area contributed by atoms with Gasteiger partial charge in [0.05, 0.1) is 17.6 Å². The Morgan fingerprint density at radius 3 is 2.85 bits per heavy atom. The van der Waals surface area contributed by atoms with Gasteiger partial charge in [-0.1, -0.05) is 12.8 Å². The summed E-state index contributed by atoms with van der Waals surface area (Å²) in [5.74, 6) is 0.898. The standard InChI is InChI=1S/C9H14N2OS/c10-5-6-13-7-9(12)11-8-3-1-2-4-8/h8H,1-4,6-7H2,(H,11,12). The van der Waals surface area contributed by atoms with Crippen molar-refractivity contribution in [3.8, 4) is 6.07 Å². The van der Waals surface area contributed by atoms with Crippen molar-refractivity contribution in [3.05, 3.63) is 0 Å². The van der Waals surface area contributed by atoms with Crippen LogP contribution < -0.4 is 5.32 Å². The van der Waals surface area contributed by atoms with Crippen LogP contribution in [0.5, 0.6) is 0 Å². The minimum atomic E-state index is 0.0761. The van der Waals surface area contributed by atoms with Crippen molar-refractivity contribution < 1.29 is 4.79 Å². The maximum atomic E-state index is 11.2. The summed E-state index contributed by atoms with van der Waals surface area (Å²) in [6, 6.07) is 2.40. The van der Waals surface area contributed by atoms with E-state index in [1.165, 1.54) is 24.6 Å². The minimum Gasteiger partial charge on any atom is -0.353 e. The minimum absolute atomic E-state index is 0.0761. The highest BCUT2D eigenvalue weighted by Gasteiger charge is 2.16. The maximum absolute atomic E-state index is 11.2. The van der Waals surface area contributed by atoms with Gasteiger partial charge in [0.25, 0.3) is 0 Å². The van der Waals surface area contributed by atoms with Gasteiger partial charge in [-0.2, -0.15) is 5.26 Å². The van der Waals surface area contributed by atoms with E-state index >= 15 is 0 Å². The van der Waals surface area contributed by atoms with Crippen molar-refractivity contribution >= 4 is 17.7 Å². The summed E-state index contributed by atoms with van der Waals surface area (Å²) in [6.07, 6.45) is 4.70. The smallest absolute Gasteiger partial charge is 0.230 e. The van der Waals surface area contributed by atoms with Gasteiger partial charge in [0, 0.05) is 6.04 Å². The number of rotatable bonds is 4. The fraction of sp³-hybridized carbons (Fsp3) is 0.778. The number of thioether (sulfide) groups is 1. The molecule has 1 fully saturated rings. The first kappa shape index (κ1) is 10.4. The van der Waals surface area contributed by atoms with E-state index in [2.05, 4.69) is 5.32 Å². The van der Waals surface area contributed by atoms with E-state index in [0.717, 1.165) is 12.8 Å². The van der Waals surface area contributed by atoms with Crippen LogP contribution in [0.2, 0.25) is 0 Å². The Morgan fingerprint density at radius 2 is 2.23 bits per heavy atom. The summed E-state index contributed by atoms with van der Waals surface area (Å²) in [4.78, 5) is 11.2. The summed E-state index contributed by atoms with van der Waals surface area (Å²) in [7, 11) is 0. The lowest BCUT2D eigenvalue weighted by molar-refractivity contribution is -0.119. The Labute approximate surface area is 82.9 Å². The van der Waals surface area contributed by atoms with Crippen LogP contribution >= 0.6 is 11.8 Å². The fourth-order valence-corrected chi connectivity index (χ4v) is 1.99. The summed E-state index contributed by atoms with van der Waals surface area (Å²) >= 11 is 1.37. The molecule has 0 aromatic rings. The Bertz CT molecular complexity index is 206. The second-order valence-corrected chi connectivity index (χ2v) is 4.19. The van der Waals surface area contributed by atoms with Crippen LogP contribution in [0.1, 0.15) is 25.7 Å². The molecule has 1 rings (SSSR count). The lowest BCUT2D eigenvalue weighted by Gasteiger charge is -2.10. The molecule has 3 nitrogen and oxygen atoms in total. The van der Waals surface area contributed by atoms with Crippen LogP contribution in [-0.2, 0) is 4.79 Å². The lowest BCUT2D eigenvalue weighted by Crippen LogP contribution is -2.33. The zero-order valence-corrected chi connectivity index (χ0v) is 8.40. The Balaban J connectivity index is 2.07. The Morgan fingerprint density at radius 1 is 1.54 bits per heavy atom. The molecule has 0 heterocycles. The molecule has 1 aliphatic carbocycles. The maximum Gasteiger partial charge on any atom is 0.230 e. The van der Waals surface area contributed by atoms with Gasteiger partial charge in [0.15, 0.2) is 0 Å². The SMILES string of the molecule is N#CCSCC(=O)NC1CCCC1. The molecular weight excluding hydrogens is 184 g/mol. The van der Waals surface area contributed by atoms with Crippen molar-refractivity contribution in [2.45, 2.75) is 31.7 Å². The van der Waals surface area contributed by atoms with Gasteiger partial charge in [-0.3, -0.25) is 4.79 Å². The molecule has 13 heavy (non-hydrogen) atoms. The van der Waals surface area contributed by atoms with Gasteiger partial charge in [0.1, 0.15) is 0 Å². The first-order chi connectivity index (χ1) is 6.33. The molecule has 0 bridgehead atoms. The van der Waals surface area contributed by atoms with E-state index in [-0.39, 0.29) is 5.91 Å². The first-order valence-electron chi connectivity index (χ1n) is 4.57. The summed E-state index contributed by atoms with van der Waals surface area (Å²) in [6.45, 7) is 0. The van der Waals surface area contributed by atoms with Crippen molar-refractivity contribution in [1.29, 1.82) is 5.26 Å². The monoisotopic (exact) mass is 198 g/mol. The number of amides is 1. The third-order valence-electron chi connectivity index (χ3n) is 2.12. The van der Waals surface area contributed by atoms with Gasteiger partial charge in [-0.15, -0.1) is 11.8 Å². The van der Waals surface area contributed by atoms with E-state index in [9.17, 15) is 4.79 Å². The molecule has 1 aliphatic rings. The average Bonchev–Trinajstić information content (AvgIpc) is 2.57. The van der Waals surface area contributed by atoms with Crippen LogP contribution in [0, 0.1) is 11.3 Å². The molecule has 4 heteroatoms. The predicted molar refractivity (Wildman–Crippen MR) is 53.3 cm³/mol. The van der Waals surface area contributed by atoms with Gasteiger partial charge >= 0.3 is 0 Å². The van der Waals surface area contributed by atoms with Gasteiger partial charge in [0.2, 0.25) is 5.91 Å². The van der Waals surface area contributed by atoms with Crippen molar-refractivity contribution in [1.82, 2.24) is 5.32 Å². The van der Waals surface area contributed by atoms with Crippen LogP contribution in [0.4, 0.5) is 0 Å². The van der Waals surface area contributed by atoms with Crippen LogP contribution in [-0.4, -0.2) is 23.5 Å². The predicted octanol–water partition coefficient (Wildman–Crippen LogP) is 1.30. The molecule has 1 amide bonds. The molecule has 0 saturated heterocycles.